The van der Waals surface area contributed by atoms with Crippen molar-refractivity contribution >= 4 is 5.96 Å². The molecule has 0 unspecified atom stereocenters. The number of guanidine groups is 1. The van der Waals surface area contributed by atoms with Crippen LogP contribution < -0.4 is 10.1 Å². The van der Waals surface area contributed by atoms with Gasteiger partial charge in [0.2, 0.25) is 0 Å². The van der Waals surface area contributed by atoms with Crippen molar-refractivity contribution < 1.29 is 17.9 Å². The van der Waals surface area contributed by atoms with Gasteiger partial charge in [-0.05, 0) is 51.3 Å². The standard InChI is InChI=1S/C21H29F3N6O/c1-20(2,3)31-16-6-5-15(17(11-16)21(22,23)24)12-26-19(25-4)30-9-7-14(8-10-30)18-27-13-28-29-18/h5-6,11,13-14H,7-10,12H2,1-4H3,(H,25,26)(H,27,28,29). The number of hydrogen-bond donors (Lipinski definition) is 2. The predicted molar refractivity (Wildman–Crippen MR) is 112 cm³/mol. The first-order valence-corrected chi connectivity index (χ1v) is 10.3. The summed E-state index contributed by atoms with van der Waals surface area (Å²) < 4.78 is 46.6. The molecule has 170 valence electrons. The van der Waals surface area contributed by atoms with Gasteiger partial charge in [0.15, 0.2) is 5.96 Å². The number of piperidine rings is 1. The topological polar surface area (TPSA) is 78.4 Å². The number of H-pyrrole nitrogens is 1. The van der Waals surface area contributed by atoms with Crippen LogP contribution in [0.5, 0.6) is 5.75 Å². The quantitative estimate of drug-likeness (QED) is 0.558. The first-order valence-electron chi connectivity index (χ1n) is 10.3. The molecule has 0 spiro atoms. The van der Waals surface area contributed by atoms with Crippen LogP contribution in [0.3, 0.4) is 0 Å². The average Bonchev–Trinajstić information content (AvgIpc) is 3.22. The molecule has 0 amide bonds. The van der Waals surface area contributed by atoms with Gasteiger partial charge in [0, 0.05) is 32.6 Å². The minimum absolute atomic E-state index is 0.0132. The Morgan fingerprint density at radius 2 is 1.97 bits per heavy atom. The predicted octanol–water partition coefficient (Wildman–Crippen LogP) is 3.96. The number of benzene rings is 1. The Kier molecular flexibility index (Phi) is 6.76. The Labute approximate surface area is 180 Å². The highest BCUT2D eigenvalue weighted by atomic mass is 19.4. The molecule has 7 nitrogen and oxygen atoms in total. The SMILES string of the molecule is CN=C(NCc1ccc(OC(C)(C)C)cc1C(F)(F)F)N1CCC(c2ncn[nH]2)CC1. The number of ether oxygens (including phenoxy) is 1. The zero-order valence-corrected chi connectivity index (χ0v) is 18.3. The fraction of sp³-hybridized carbons (Fsp3) is 0.571. The van der Waals surface area contributed by atoms with E-state index in [1.807, 2.05) is 0 Å². The van der Waals surface area contributed by atoms with Crippen molar-refractivity contribution in [3.63, 3.8) is 0 Å². The van der Waals surface area contributed by atoms with Gasteiger partial charge in [-0.1, -0.05) is 6.07 Å². The summed E-state index contributed by atoms with van der Waals surface area (Å²) in [4.78, 5) is 10.5. The van der Waals surface area contributed by atoms with E-state index in [1.54, 1.807) is 33.9 Å². The molecule has 1 aromatic heterocycles. The smallest absolute Gasteiger partial charge is 0.416 e. The molecule has 10 heteroatoms. The fourth-order valence-electron chi connectivity index (χ4n) is 3.67. The van der Waals surface area contributed by atoms with Crippen molar-refractivity contribution in [1.82, 2.24) is 25.4 Å². The van der Waals surface area contributed by atoms with Crippen molar-refractivity contribution in [3.8, 4) is 5.75 Å². The van der Waals surface area contributed by atoms with Gasteiger partial charge >= 0.3 is 6.18 Å². The molecule has 0 saturated carbocycles. The number of hydrogen-bond acceptors (Lipinski definition) is 4. The molecular formula is C21H29F3N6O. The molecule has 0 atom stereocenters. The first kappa shape index (κ1) is 22.9. The molecule has 2 N–H and O–H groups in total. The number of halogens is 3. The number of aromatic amines is 1. The number of likely N-dealkylation sites (tertiary alicyclic amines) is 1. The summed E-state index contributed by atoms with van der Waals surface area (Å²) in [7, 11) is 1.63. The second kappa shape index (κ2) is 9.15. The number of alkyl halides is 3. The van der Waals surface area contributed by atoms with Crippen LogP contribution >= 0.6 is 0 Å². The van der Waals surface area contributed by atoms with E-state index in [0.717, 1.165) is 37.8 Å². The van der Waals surface area contributed by atoms with Crippen molar-refractivity contribution in [2.45, 2.75) is 57.9 Å². The fourth-order valence-corrected chi connectivity index (χ4v) is 3.67. The Hall–Kier alpha value is -2.78. The average molecular weight is 438 g/mol. The monoisotopic (exact) mass is 438 g/mol. The van der Waals surface area contributed by atoms with Crippen LogP contribution in [0.15, 0.2) is 29.5 Å². The Balaban J connectivity index is 1.66. The summed E-state index contributed by atoms with van der Waals surface area (Å²) in [6, 6.07) is 4.09. The van der Waals surface area contributed by atoms with E-state index in [-0.39, 0.29) is 17.9 Å². The summed E-state index contributed by atoms with van der Waals surface area (Å²) in [5.41, 5.74) is -1.14. The van der Waals surface area contributed by atoms with Gasteiger partial charge in [0.25, 0.3) is 0 Å². The van der Waals surface area contributed by atoms with E-state index >= 15 is 0 Å². The lowest BCUT2D eigenvalue weighted by atomic mass is 9.96. The third-order valence-corrected chi connectivity index (χ3v) is 5.07. The second-order valence-electron chi connectivity index (χ2n) is 8.56. The molecule has 1 aliphatic heterocycles. The highest BCUT2D eigenvalue weighted by Gasteiger charge is 2.34. The van der Waals surface area contributed by atoms with Crippen LogP contribution in [-0.4, -0.2) is 51.8 Å². The van der Waals surface area contributed by atoms with Crippen molar-refractivity contribution in [1.29, 1.82) is 0 Å². The zero-order chi connectivity index (χ0) is 22.6. The third kappa shape index (κ3) is 6.11. The van der Waals surface area contributed by atoms with Crippen LogP contribution in [0.1, 0.15) is 56.5 Å². The van der Waals surface area contributed by atoms with Crippen molar-refractivity contribution in [2.24, 2.45) is 4.99 Å². The normalized spacial score (nSPS) is 16.5. The number of aromatic nitrogens is 3. The number of aliphatic imine (C=N–C) groups is 1. The van der Waals surface area contributed by atoms with Gasteiger partial charge in [0.05, 0.1) is 5.56 Å². The first-order chi connectivity index (χ1) is 14.6. The second-order valence-corrected chi connectivity index (χ2v) is 8.56. The molecule has 1 saturated heterocycles. The number of rotatable bonds is 4. The minimum atomic E-state index is -4.48. The van der Waals surface area contributed by atoms with E-state index < -0.39 is 17.3 Å². The van der Waals surface area contributed by atoms with Crippen LogP contribution in [0.2, 0.25) is 0 Å². The molecule has 0 bridgehead atoms. The lowest BCUT2D eigenvalue weighted by Crippen LogP contribution is -2.45. The van der Waals surface area contributed by atoms with Crippen LogP contribution in [0.4, 0.5) is 13.2 Å². The van der Waals surface area contributed by atoms with Gasteiger partial charge in [-0.2, -0.15) is 18.3 Å². The van der Waals surface area contributed by atoms with E-state index in [0.29, 0.717) is 11.9 Å². The number of nitrogens with zero attached hydrogens (tertiary/aromatic N) is 4. The van der Waals surface area contributed by atoms with Gasteiger partial charge in [-0.15, -0.1) is 0 Å². The van der Waals surface area contributed by atoms with Crippen molar-refractivity contribution in [2.75, 3.05) is 20.1 Å². The van der Waals surface area contributed by atoms with E-state index in [9.17, 15) is 13.2 Å². The highest BCUT2D eigenvalue weighted by molar-refractivity contribution is 5.80. The highest BCUT2D eigenvalue weighted by Crippen LogP contribution is 2.35. The molecule has 1 aromatic carbocycles. The lowest BCUT2D eigenvalue weighted by molar-refractivity contribution is -0.138. The van der Waals surface area contributed by atoms with Gasteiger partial charge in [-0.3, -0.25) is 10.1 Å². The van der Waals surface area contributed by atoms with Gasteiger partial charge in [-0.25, -0.2) is 4.98 Å². The van der Waals surface area contributed by atoms with Crippen LogP contribution in [-0.2, 0) is 12.7 Å². The molecule has 1 fully saturated rings. The molecule has 31 heavy (non-hydrogen) atoms. The molecule has 1 aliphatic rings. The molecule has 2 aromatic rings. The molecular weight excluding hydrogens is 409 g/mol. The molecule has 0 radical (unpaired) electrons. The van der Waals surface area contributed by atoms with Crippen LogP contribution in [0, 0.1) is 0 Å². The Morgan fingerprint density at radius 3 is 2.52 bits per heavy atom. The molecule has 3 rings (SSSR count). The summed E-state index contributed by atoms with van der Waals surface area (Å²) in [5, 5.41) is 9.89. The Bertz CT molecular complexity index is 882. The summed E-state index contributed by atoms with van der Waals surface area (Å²) in [5.74, 6) is 1.95. The van der Waals surface area contributed by atoms with Crippen LogP contribution in [0.25, 0.3) is 0 Å². The summed E-state index contributed by atoms with van der Waals surface area (Å²) in [6.45, 7) is 6.87. The number of nitrogens with one attached hydrogen (secondary N) is 2. The molecule has 0 aliphatic carbocycles. The maximum Gasteiger partial charge on any atom is 0.416 e. The third-order valence-electron chi connectivity index (χ3n) is 5.07. The largest absolute Gasteiger partial charge is 0.488 e. The van der Waals surface area contributed by atoms with Gasteiger partial charge < -0.3 is 15.0 Å². The Morgan fingerprint density at radius 1 is 1.26 bits per heavy atom. The zero-order valence-electron chi connectivity index (χ0n) is 18.3. The minimum Gasteiger partial charge on any atom is -0.488 e. The van der Waals surface area contributed by atoms with E-state index in [2.05, 4.69) is 30.4 Å². The maximum atomic E-state index is 13.7. The van der Waals surface area contributed by atoms with E-state index in [4.69, 9.17) is 4.74 Å². The van der Waals surface area contributed by atoms with E-state index in [1.165, 1.54) is 12.4 Å². The summed E-state index contributed by atoms with van der Waals surface area (Å²) >= 11 is 0. The van der Waals surface area contributed by atoms with Crippen molar-refractivity contribution in [3.05, 3.63) is 41.5 Å². The van der Waals surface area contributed by atoms with Gasteiger partial charge in [0.1, 0.15) is 23.5 Å². The molecule has 2 heterocycles. The summed E-state index contributed by atoms with van der Waals surface area (Å²) in [6.07, 6.45) is -1.25. The maximum absolute atomic E-state index is 13.7. The lowest BCUT2D eigenvalue weighted by Gasteiger charge is -2.33.